The van der Waals surface area contributed by atoms with Gasteiger partial charge in [0.1, 0.15) is 0 Å². The van der Waals surface area contributed by atoms with E-state index in [4.69, 9.17) is 5.11 Å². The van der Waals surface area contributed by atoms with E-state index in [0.29, 0.717) is 18.9 Å². The van der Waals surface area contributed by atoms with Crippen LogP contribution in [-0.2, 0) is 17.6 Å². The van der Waals surface area contributed by atoms with Gasteiger partial charge in [0.05, 0.1) is 4.88 Å². The van der Waals surface area contributed by atoms with E-state index >= 15 is 0 Å². The predicted octanol–water partition coefficient (Wildman–Crippen LogP) is 2.81. The Balaban J connectivity index is 1.97. The van der Waals surface area contributed by atoms with Gasteiger partial charge < -0.3 is 10.0 Å². The Hall–Kier alpha value is -1.36. The molecular formula is C15H21NO3S. The monoisotopic (exact) mass is 295 g/mol. The summed E-state index contributed by atoms with van der Waals surface area (Å²) in [6, 6.07) is 2.03. The molecule has 0 aromatic carbocycles. The summed E-state index contributed by atoms with van der Waals surface area (Å²) >= 11 is 1.61. The first kappa shape index (κ1) is 15.0. The summed E-state index contributed by atoms with van der Waals surface area (Å²) in [6.07, 6.45) is 3.96. The van der Waals surface area contributed by atoms with Crippen LogP contribution in [0.5, 0.6) is 0 Å². The molecule has 0 fully saturated rings. The largest absolute Gasteiger partial charge is 0.481 e. The first-order valence-corrected chi connectivity index (χ1v) is 7.88. The second kappa shape index (κ2) is 6.39. The minimum Gasteiger partial charge on any atom is -0.481 e. The van der Waals surface area contributed by atoms with Gasteiger partial charge in [0.2, 0.25) is 0 Å². The number of carboxylic acid groups (broad SMARTS) is 1. The molecule has 1 amide bonds. The van der Waals surface area contributed by atoms with Gasteiger partial charge in [-0.15, -0.1) is 11.3 Å². The Labute approximate surface area is 123 Å². The van der Waals surface area contributed by atoms with E-state index in [-0.39, 0.29) is 12.3 Å². The number of carboxylic acids is 1. The number of hydrogen-bond acceptors (Lipinski definition) is 3. The number of amides is 1. The highest BCUT2D eigenvalue weighted by atomic mass is 32.1. The number of fused-ring (bicyclic) bond motifs is 1. The van der Waals surface area contributed by atoms with Crippen molar-refractivity contribution < 1.29 is 14.7 Å². The number of nitrogens with zero attached hydrogens (tertiary/aromatic N) is 1. The maximum absolute atomic E-state index is 12.3. The summed E-state index contributed by atoms with van der Waals surface area (Å²) in [5, 5.41) is 8.62. The highest BCUT2D eigenvalue weighted by molar-refractivity contribution is 7.14. The fourth-order valence-corrected chi connectivity index (χ4v) is 3.77. The topological polar surface area (TPSA) is 57.6 Å². The molecular weight excluding hydrogens is 274 g/mol. The van der Waals surface area contributed by atoms with Crippen molar-refractivity contribution in [1.82, 2.24) is 4.90 Å². The lowest BCUT2D eigenvalue weighted by atomic mass is 9.90. The number of thiophene rings is 1. The van der Waals surface area contributed by atoms with Gasteiger partial charge >= 0.3 is 5.97 Å². The van der Waals surface area contributed by atoms with E-state index in [0.717, 1.165) is 17.7 Å². The number of hydrogen-bond donors (Lipinski definition) is 1. The quantitative estimate of drug-likeness (QED) is 0.908. The van der Waals surface area contributed by atoms with Crippen LogP contribution in [0, 0.1) is 5.92 Å². The number of aryl methyl sites for hydroxylation is 1. The van der Waals surface area contributed by atoms with Crippen molar-refractivity contribution in [2.24, 2.45) is 5.92 Å². The molecule has 1 aliphatic carbocycles. The van der Waals surface area contributed by atoms with Crippen molar-refractivity contribution in [1.29, 1.82) is 0 Å². The summed E-state index contributed by atoms with van der Waals surface area (Å²) in [6.45, 7) is 2.74. The normalized spacial score (nSPS) is 17.6. The summed E-state index contributed by atoms with van der Waals surface area (Å²) in [7, 11) is 1.74. The summed E-state index contributed by atoms with van der Waals surface area (Å²) in [5.41, 5.74) is 1.33. The van der Waals surface area contributed by atoms with Crippen molar-refractivity contribution in [3.05, 3.63) is 21.4 Å². The highest BCUT2D eigenvalue weighted by Gasteiger charge is 2.22. The van der Waals surface area contributed by atoms with Gasteiger partial charge in [-0.25, -0.2) is 0 Å². The zero-order chi connectivity index (χ0) is 14.7. The molecule has 20 heavy (non-hydrogen) atoms. The third kappa shape index (κ3) is 3.60. The fourth-order valence-electron chi connectivity index (χ4n) is 2.57. The molecule has 0 spiro atoms. The van der Waals surface area contributed by atoms with E-state index < -0.39 is 5.97 Å². The van der Waals surface area contributed by atoms with E-state index in [1.165, 1.54) is 16.9 Å². The SMILES string of the molecule is CC1CCc2sc(C(=O)N(C)CCCC(=O)O)cc2C1. The van der Waals surface area contributed by atoms with Crippen molar-refractivity contribution in [2.45, 2.75) is 39.0 Å². The third-order valence-electron chi connectivity index (χ3n) is 3.77. The molecule has 1 aromatic rings. The molecule has 5 heteroatoms. The molecule has 2 rings (SSSR count). The molecule has 1 atom stereocenters. The van der Waals surface area contributed by atoms with E-state index in [1.54, 1.807) is 23.3 Å². The molecule has 1 aliphatic rings. The molecule has 1 heterocycles. The minimum atomic E-state index is -0.813. The van der Waals surface area contributed by atoms with Crippen LogP contribution in [0.4, 0.5) is 0 Å². The second-order valence-electron chi connectivity index (χ2n) is 5.63. The van der Waals surface area contributed by atoms with Crippen LogP contribution in [0.1, 0.15) is 46.3 Å². The Morgan fingerprint density at radius 3 is 2.95 bits per heavy atom. The van der Waals surface area contributed by atoms with E-state index in [2.05, 4.69) is 6.92 Å². The molecule has 0 radical (unpaired) electrons. The van der Waals surface area contributed by atoms with Crippen LogP contribution in [0.25, 0.3) is 0 Å². The van der Waals surface area contributed by atoms with E-state index in [9.17, 15) is 9.59 Å². The standard InChI is InChI=1S/C15H21NO3S/c1-10-5-6-12-11(8-10)9-13(20-12)15(19)16(2)7-3-4-14(17)18/h9-10H,3-8H2,1-2H3,(H,17,18). The maximum Gasteiger partial charge on any atom is 0.303 e. The van der Waals surface area contributed by atoms with Crippen LogP contribution in [0.15, 0.2) is 6.07 Å². The molecule has 0 saturated carbocycles. The average molecular weight is 295 g/mol. The lowest BCUT2D eigenvalue weighted by Crippen LogP contribution is -2.27. The van der Waals surface area contributed by atoms with Gasteiger partial charge in [-0.2, -0.15) is 0 Å². The molecule has 0 saturated heterocycles. The van der Waals surface area contributed by atoms with Crippen LogP contribution in [-0.4, -0.2) is 35.5 Å². The molecule has 4 nitrogen and oxygen atoms in total. The highest BCUT2D eigenvalue weighted by Crippen LogP contribution is 2.32. The fraction of sp³-hybridized carbons (Fsp3) is 0.600. The first-order chi connectivity index (χ1) is 9.47. The van der Waals surface area contributed by atoms with Gasteiger partial charge in [0, 0.05) is 24.9 Å². The molecule has 1 N–H and O–H groups in total. The molecule has 110 valence electrons. The van der Waals surface area contributed by atoms with Gasteiger partial charge in [-0.05, 0) is 43.2 Å². The third-order valence-corrected chi connectivity index (χ3v) is 5.00. The number of carbonyl (C=O) groups is 2. The van der Waals surface area contributed by atoms with Crippen molar-refractivity contribution in [3.63, 3.8) is 0 Å². The number of rotatable bonds is 5. The van der Waals surface area contributed by atoms with Crippen LogP contribution < -0.4 is 0 Å². The number of aliphatic carboxylic acids is 1. The molecule has 1 aromatic heterocycles. The zero-order valence-corrected chi connectivity index (χ0v) is 12.8. The Bertz CT molecular complexity index is 509. The van der Waals surface area contributed by atoms with Gasteiger partial charge in [-0.3, -0.25) is 9.59 Å². The first-order valence-electron chi connectivity index (χ1n) is 7.06. The van der Waals surface area contributed by atoms with Gasteiger partial charge in [0.25, 0.3) is 5.91 Å². The minimum absolute atomic E-state index is 0.0161. The Morgan fingerprint density at radius 2 is 2.25 bits per heavy atom. The van der Waals surface area contributed by atoms with Crippen molar-refractivity contribution in [2.75, 3.05) is 13.6 Å². The summed E-state index contributed by atoms with van der Waals surface area (Å²) < 4.78 is 0. The molecule has 1 unspecified atom stereocenters. The van der Waals surface area contributed by atoms with Crippen LogP contribution in [0.3, 0.4) is 0 Å². The Morgan fingerprint density at radius 1 is 1.50 bits per heavy atom. The van der Waals surface area contributed by atoms with Gasteiger partial charge in [-0.1, -0.05) is 6.92 Å². The van der Waals surface area contributed by atoms with Gasteiger partial charge in [0.15, 0.2) is 0 Å². The smallest absolute Gasteiger partial charge is 0.303 e. The average Bonchev–Trinajstić information content (AvgIpc) is 2.80. The molecule has 0 bridgehead atoms. The predicted molar refractivity (Wildman–Crippen MR) is 79.3 cm³/mol. The van der Waals surface area contributed by atoms with Crippen molar-refractivity contribution in [3.8, 4) is 0 Å². The second-order valence-corrected chi connectivity index (χ2v) is 6.77. The van der Waals surface area contributed by atoms with Crippen LogP contribution >= 0.6 is 11.3 Å². The lowest BCUT2D eigenvalue weighted by Gasteiger charge is -2.16. The summed E-state index contributed by atoms with van der Waals surface area (Å²) in [5.74, 6) is -0.0952. The lowest BCUT2D eigenvalue weighted by molar-refractivity contribution is -0.137. The number of carbonyl (C=O) groups excluding carboxylic acids is 1. The molecule has 0 aliphatic heterocycles. The van der Waals surface area contributed by atoms with Crippen molar-refractivity contribution >= 4 is 23.2 Å². The van der Waals surface area contributed by atoms with Crippen LogP contribution in [0.2, 0.25) is 0 Å². The summed E-state index contributed by atoms with van der Waals surface area (Å²) in [4.78, 5) is 26.6. The van der Waals surface area contributed by atoms with E-state index in [1.807, 2.05) is 6.07 Å². The maximum atomic E-state index is 12.3. The Kier molecular flexibility index (Phi) is 4.81. The zero-order valence-electron chi connectivity index (χ0n) is 12.0.